The molecule has 3 atom stereocenters. The predicted octanol–water partition coefficient (Wildman–Crippen LogP) is -0.526. The molecule has 0 bridgehead atoms. The van der Waals surface area contributed by atoms with E-state index >= 15 is 0 Å². The zero-order valence-corrected chi connectivity index (χ0v) is 4.74. The van der Waals surface area contributed by atoms with Crippen LogP contribution in [0, 0.1) is 0 Å². The fourth-order valence-electron chi connectivity index (χ4n) is 0.841. The van der Waals surface area contributed by atoms with Gasteiger partial charge in [0.25, 0.3) is 0 Å². The van der Waals surface area contributed by atoms with Crippen LogP contribution in [0.15, 0.2) is 0 Å². The van der Waals surface area contributed by atoms with E-state index in [4.69, 9.17) is 14.9 Å². The quantitative estimate of drug-likeness (QED) is 0.449. The molecule has 0 aromatic rings. The minimum atomic E-state index is -0.954. The zero-order valence-electron chi connectivity index (χ0n) is 4.74. The van der Waals surface area contributed by atoms with Crippen LogP contribution in [0.3, 0.4) is 0 Å². The van der Waals surface area contributed by atoms with Crippen LogP contribution in [0.2, 0.25) is 0 Å². The molecule has 1 unspecified atom stereocenters. The number of ether oxygens (including phenoxy) is 1. The van der Waals surface area contributed by atoms with Gasteiger partial charge in [0.05, 0.1) is 6.10 Å². The van der Waals surface area contributed by atoms with Crippen molar-refractivity contribution >= 4 is 0 Å². The van der Waals surface area contributed by atoms with E-state index in [0.29, 0.717) is 6.42 Å². The normalized spacial score (nSPS) is 47.6. The summed E-state index contributed by atoms with van der Waals surface area (Å²) in [5.74, 6) is 0. The van der Waals surface area contributed by atoms with Crippen LogP contribution in [-0.2, 0) is 4.74 Å². The molecule has 1 saturated heterocycles. The van der Waals surface area contributed by atoms with Gasteiger partial charge in [-0.15, -0.1) is 0 Å². The molecule has 1 rings (SSSR count). The van der Waals surface area contributed by atoms with Gasteiger partial charge in [0.2, 0.25) is 0 Å². The maximum Gasteiger partial charge on any atom is 0.181 e. The fourth-order valence-corrected chi connectivity index (χ4v) is 0.841. The van der Waals surface area contributed by atoms with Gasteiger partial charge in [-0.05, 0) is 6.92 Å². The first-order valence-electron chi connectivity index (χ1n) is 2.71. The van der Waals surface area contributed by atoms with Crippen molar-refractivity contribution in [2.24, 2.45) is 0 Å². The summed E-state index contributed by atoms with van der Waals surface area (Å²) in [6.45, 7) is 1.82. The second kappa shape index (κ2) is 2.01. The van der Waals surface area contributed by atoms with E-state index in [1.54, 1.807) is 0 Å². The molecule has 0 aromatic heterocycles. The first kappa shape index (κ1) is 6.01. The first-order valence-corrected chi connectivity index (χ1v) is 2.71. The molecule has 0 saturated carbocycles. The topological polar surface area (TPSA) is 49.7 Å². The summed E-state index contributed by atoms with van der Waals surface area (Å²) >= 11 is 0. The van der Waals surface area contributed by atoms with Crippen LogP contribution >= 0.6 is 0 Å². The third-order valence-electron chi connectivity index (χ3n) is 1.27. The summed E-state index contributed by atoms with van der Waals surface area (Å²) in [7, 11) is 0. The molecule has 0 aliphatic carbocycles. The summed E-state index contributed by atoms with van der Waals surface area (Å²) in [4.78, 5) is 0. The number of rotatable bonds is 0. The molecule has 48 valence electrons. The van der Waals surface area contributed by atoms with Gasteiger partial charge >= 0.3 is 0 Å². The van der Waals surface area contributed by atoms with Gasteiger partial charge in [-0.2, -0.15) is 0 Å². The highest BCUT2D eigenvalue weighted by molar-refractivity contribution is 4.71. The molecule has 3 nitrogen and oxygen atoms in total. The highest BCUT2D eigenvalue weighted by Gasteiger charge is 2.28. The van der Waals surface area contributed by atoms with E-state index in [0.717, 1.165) is 0 Å². The molecule has 1 aliphatic heterocycles. The molecule has 1 heterocycles. The summed E-state index contributed by atoms with van der Waals surface area (Å²) in [5, 5.41) is 17.5. The van der Waals surface area contributed by atoms with Crippen LogP contribution in [0.5, 0.6) is 0 Å². The van der Waals surface area contributed by atoms with Gasteiger partial charge in [0, 0.05) is 6.42 Å². The minimum absolute atomic E-state index is 0.000000000000000222. The van der Waals surface area contributed by atoms with Crippen molar-refractivity contribution in [2.45, 2.75) is 31.8 Å². The van der Waals surface area contributed by atoms with Crippen molar-refractivity contribution in [3.8, 4) is 0 Å². The van der Waals surface area contributed by atoms with Gasteiger partial charge in [0.15, 0.2) is 6.29 Å². The van der Waals surface area contributed by atoms with E-state index in [9.17, 15) is 0 Å². The van der Waals surface area contributed by atoms with Crippen LogP contribution in [-0.4, -0.2) is 28.7 Å². The molecule has 3 heteroatoms. The third-order valence-corrected chi connectivity index (χ3v) is 1.27. The Morgan fingerprint density at radius 3 is 2.25 bits per heavy atom. The lowest BCUT2D eigenvalue weighted by atomic mass is 10.2. The zero-order chi connectivity index (χ0) is 6.15. The molecule has 1 aliphatic rings. The predicted molar refractivity (Wildman–Crippen MR) is 27.2 cm³/mol. The van der Waals surface area contributed by atoms with Crippen molar-refractivity contribution in [1.29, 1.82) is 0 Å². The van der Waals surface area contributed by atoms with E-state index in [1.807, 2.05) is 6.92 Å². The van der Waals surface area contributed by atoms with Gasteiger partial charge in [-0.3, -0.25) is 0 Å². The smallest absolute Gasteiger partial charge is 0.181 e. The van der Waals surface area contributed by atoms with E-state index < -0.39 is 12.4 Å². The Labute approximate surface area is 47.9 Å². The number of aliphatic hydroxyl groups is 2. The maximum absolute atomic E-state index is 8.79. The van der Waals surface area contributed by atoms with E-state index in [1.165, 1.54) is 0 Å². The number of aliphatic hydroxyl groups excluding tert-OH is 2. The van der Waals surface area contributed by atoms with Crippen LogP contribution in [0.25, 0.3) is 0 Å². The maximum atomic E-state index is 8.79. The molecule has 0 spiro atoms. The summed E-state index contributed by atoms with van der Waals surface area (Å²) in [6, 6.07) is 0. The monoisotopic (exact) mass is 118 g/mol. The van der Waals surface area contributed by atoms with Crippen molar-refractivity contribution in [2.75, 3.05) is 0 Å². The molecule has 0 aromatic carbocycles. The van der Waals surface area contributed by atoms with Crippen molar-refractivity contribution in [1.82, 2.24) is 0 Å². The van der Waals surface area contributed by atoms with Gasteiger partial charge in [0.1, 0.15) is 6.10 Å². The lowest BCUT2D eigenvalue weighted by Gasteiger charge is -2.03. The minimum Gasteiger partial charge on any atom is -0.388 e. The second-order valence-corrected chi connectivity index (χ2v) is 2.14. The standard InChI is InChI=1S/C5H10O3/c1-3-2-4(6)5(7)8-3/h3-7H,2H2,1H3/t3-,4+,5?/m0/s1. The molecule has 0 radical (unpaired) electrons. The summed E-state index contributed by atoms with van der Waals surface area (Å²) in [5.41, 5.74) is 0. The van der Waals surface area contributed by atoms with Gasteiger partial charge in [-0.1, -0.05) is 0 Å². The summed E-state index contributed by atoms with van der Waals surface area (Å²) < 4.78 is 4.78. The van der Waals surface area contributed by atoms with E-state index in [2.05, 4.69) is 0 Å². The molecule has 0 amide bonds. The molecule has 2 N–H and O–H groups in total. The van der Waals surface area contributed by atoms with Gasteiger partial charge < -0.3 is 14.9 Å². The number of hydrogen-bond acceptors (Lipinski definition) is 3. The summed E-state index contributed by atoms with van der Waals surface area (Å²) in [6.07, 6.45) is -1.09. The highest BCUT2D eigenvalue weighted by Crippen LogP contribution is 2.16. The molecular weight excluding hydrogens is 108 g/mol. The van der Waals surface area contributed by atoms with Crippen LogP contribution in [0.4, 0.5) is 0 Å². The largest absolute Gasteiger partial charge is 0.388 e. The van der Waals surface area contributed by atoms with Gasteiger partial charge in [-0.25, -0.2) is 0 Å². The van der Waals surface area contributed by atoms with E-state index in [-0.39, 0.29) is 6.10 Å². The average molecular weight is 118 g/mol. The first-order chi connectivity index (χ1) is 3.70. The van der Waals surface area contributed by atoms with Crippen molar-refractivity contribution in [3.63, 3.8) is 0 Å². The number of hydrogen-bond donors (Lipinski definition) is 2. The van der Waals surface area contributed by atoms with Crippen molar-refractivity contribution < 1.29 is 14.9 Å². The Kier molecular flexibility index (Phi) is 1.51. The average Bonchev–Trinajstić information content (AvgIpc) is 1.85. The fraction of sp³-hybridized carbons (Fsp3) is 1.00. The Morgan fingerprint density at radius 1 is 1.50 bits per heavy atom. The van der Waals surface area contributed by atoms with Crippen LogP contribution < -0.4 is 0 Å². The molecular formula is C5H10O3. The Hall–Kier alpha value is -0.120. The Bertz CT molecular complexity index is 73.7. The highest BCUT2D eigenvalue weighted by atomic mass is 16.6. The van der Waals surface area contributed by atoms with Crippen LogP contribution in [0.1, 0.15) is 13.3 Å². The Balaban J connectivity index is 2.39. The molecule has 1 fully saturated rings. The van der Waals surface area contributed by atoms with Crippen molar-refractivity contribution in [3.05, 3.63) is 0 Å². The molecule has 8 heavy (non-hydrogen) atoms. The lowest BCUT2D eigenvalue weighted by molar-refractivity contribution is -0.123. The lowest BCUT2D eigenvalue weighted by Crippen LogP contribution is -2.19. The second-order valence-electron chi connectivity index (χ2n) is 2.14. The Morgan fingerprint density at radius 2 is 2.12 bits per heavy atom. The SMILES string of the molecule is C[C@H]1C[C@@H](O)C(O)O1. The third kappa shape index (κ3) is 0.992.